The number of carbonyl (C=O) groups is 1. The molecule has 5 nitrogen and oxygen atoms in total. The fourth-order valence-corrected chi connectivity index (χ4v) is 3.10. The van der Waals surface area contributed by atoms with E-state index in [1.165, 1.54) is 10.7 Å². The SMILES string of the molecule is C=C(CCC(C)(F)F)C(=O)NC1CCn2nc(-c3cc(C(F)(F)F)ncc3F)cc21. The van der Waals surface area contributed by atoms with E-state index >= 15 is 0 Å². The zero-order valence-corrected chi connectivity index (χ0v) is 15.9. The third kappa shape index (κ3) is 4.82. The van der Waals surface area contributed by atoms with Gasteiger partial charge in [0.2, 0.25) is 11.8 Å². The lowest BCUT2D eigenvalue weighted by atomic mass is 10.1. The Hall–Kier alpha value is -2.85. The van der Waals surface area contributed by atoms with Crippen LogP contribution in [-0.4, -0.2) is 26.6 Å². The Bertz CT molecular complexity index is 976. The molecule has 162 valence electrons. The Morgan fingerprint density at radius 2 is 2.00 bits per heavy atom. The molecule has 1 amide bonds. The minimum absolute atomic E-state index is 0.00953. The first-order valence-corrected chi connectivity index (χ1v) is 9.02. The maximum Gasteiger partial charge on any atom is 0.433 e. The van der Waals surface area contributed by atoms with Crippen LogP contribution in [0.1, 0.15) is 43.6 Å². The molecule has 0 aromatic carbocycles. The van der Waals surface area contributed by atoms with Crippen molar-refractivity contribution in [3.05, 3.63) is 47.7 Å². The van der Waals surface area contributed by atoms with Crippen LogP contribution in [0.15, 0.2) is 30.5 Å². The van der Waals surface area contributed by atoms with Crippen molar-refractivity contribution in [1.82, 2.24) is 20.1 Å². The van der Waals surface area contributed by atoms with E-state index in [0.717, 1.165) is 6.92 Å². The van der Waals surface area contributed by atoms with Gasteiger partial charge in [-0.3, -0.25) is 9.48 Å². The molecule has 0 saturated heterocycles. The molecule has 11 heteroatoms. The topological polar surface area (TPSA) is 59.8 Å². The molecule has 3 rings (SSSR count). The minimum atomic E-state index is -4.74. The Morgan fingerprint density at radius 1 is 1.30 bits per heavy atom. The Balaban J connectivity index is 1.77. The number of aromatic nitrogens is 3. The highest BCUT2D eigenvalue weighted by Gasteiger charge is 2.34. The summed E-state index contributed by atoms with van der Waals surface area (Å²) in [4.78, 5) is 15.3. The number of carbonyl (C=O) groups excluding carboxylic acids is 1. The summed E-state index contributed by atoms with van der Waals surface area (Å²) in [5, 5.41) is 6.78. The number of alkyl halides is 5. The Kier molecular flexibility index (Phi) is 5.66. The molecule has 30 heavy (non-hydrogen) atoms. The van der Waals surface area contributed by atoms with Crippen molar-refractivity contribution < 1.29 is 31.1 Å². The molecule has 0 saturated carbocycles. The molecule has 2 aromatic heterocycles. The molecular formula is C19H18F6N4O. The predicted molar refractivity (Wildman–Crippen MR) is 94.9 cm³/mol. The third-order valence-corrected chi connectivity index (χ3v) is 4.71. The standard InChI is InChI=1S/C19H18F6N4O/c1-10(3-5-18(2,21)22)17(30)27-13-4-6-29-15(13)8-14(28-29)11-7-16(19(23,24)25)26-9-12(11)20/h7-9,13H,1,3-6H2,2H3,(H,27,30). The van der Waals surface area contributed by atoms with Gasteiger partial charge in [0.05, 0.1) is 23.6 Å². The van der Waals surface area contributed by atoms with Crippen LogP contribution in [0.3, 0.4) is 0 Å². The quantitative estimate of drug-likeness (QED) is 0.534. The van der Waals surface area contributed by atoms with Crippen LogP contribution in [0.25, 0.3) is 11.3 Å². The maximum absolute atomic E-state index is 14.1. The van der Waals surface area contributed by atoms with Crippen molar-refractivity contribution in [2.24, 2.45) is 0 Å². The van der Waals surface area contributed by atoms with E-state index < -0.39 is 42.0 Å². The van der Waals surface area contributed by atoms with Gasteiger partial charge in [0.15, 0.2) is 5.82 Å². The summed E-state index contributed by atoms with van der Waals surface area (Å²) in [6, 6.07) is 1.41. The highest BCUT2D eigenvalue weighted by molar-refractivity contribution is 5.93. The number of rotatable bonds is 6. The molecule has 1 aliphatic heterocycles. The fourth-order valence-electron chi connectivity index (χ4n) is 3.10. The molecule has 3 heterocycles. The highest BCUT2D eigenvalue weighted by atomic mass is 19.4. The number of amides is 1. The number of pyridine rings is 1. The Labute approximate surface area is 167 Å². The van der Waals surface area contributed by atoms with Gasteiger partial charge in [-0.05, 0) is 31.9 Å². The number of nitrogens with zero attached hydrogens (tertiary/aromatic N) is 3. The molecule has 2 aromatic rings. The van der Waals surface area contributed by atoms with Gasteiger partial charge >= 0.3 is 6.18 Å². The van der Waals surface area contributed by atoms with Crippen LogP contribution in [0.5, 0.6) is 0 Å². The minimum Gasteiger partial charge on any atom is -0.344 e. The van der Waals surface area contributed by atoms with Crippen LogP contribution in [0.4, 0.5) is 26.3 Å². The van der Waals surface area contributed by atoms with E-state index in [9.17, 15) is 31.1 Å². The number of hydrogen-bond acceptors (Lipinski definition) is 3. The first-order valence-electron chi connectivity index (χ1n) is 9.02. The summed E-state index contributed by atoms with van der Waals surface area (Å²) >= 11 is 0. The number of fused-ring (bicyclic) bond motifs is 1. The molecule has 0 radical (unpaired) electrons. The van der Waals surface area contributed by atoms with Gasteiger partial charge in [0.25, 0.3) is 0 Å². The van der Waals surface area contributed by atoms with E-state index in [1.54, 1.807) is 0 Å². The normalized spacial score (nSPS) is 16.4. The highest BCUT2D eigenvalue weighted by Crippen LogP contribution is 2.34. The van der Waals surface area contributed by atoms with Crippen LogP contribution in [0.2, 0.25) is 0 Å². The molecular weight excluding hydrogens is 414 g/mol. The van der Waals surface area contributed by atoms with Crippen molar-refractivity contribution in [2.45, 2.75) is 50.9 Å². The summed E-state index contributed by atoms with van der Waals surface area (Å²) in [7, 11) is 0. The lowest BCUT2D eigenvalue weighted by Crippen LogP contribution is -2.28. The van der Waals surface area contributed by atoms with E-state index in [-0.39, 0.29) is 23.3 Å². The van der Waals surface area contributed by atoms with Crippen LogP contribution < -0.4 is 5.32 Å². The molecule has 0 fully saturated rings. The molecule has 1 unspecified atom stereocenters. The van der Waals surface area contributed by atoms with E-state index in [2.05, 4.69) is 22.0 Å². The average molecular weight is 432 g/mol. The van der Waals surface area contributed by atoms with Crippen molar-refractivity contribution in [3.63, 3.8) is 0 Å². The van der Waals surface area contributed by atoms with Gasteiger partial charge in [-0.2, -0.15) is 18.3 Å². The molecule has 1 aliphatic rings. The largest absolute Gasteiger partial charge is 0.433 e. The van der Waals surface area contributed by atoms with Crippen molar-refractivity contribution >= 4 is 5.91 Å². The summed E-state index contributed by atoms with van der Waals surface area (Å²) in [6.07, 6.45) is -4.52. The summed E-state index contributed by atoms with van der Waals surface area (Å²) in [5.41, 5.74) is -1.18. The van der Waals surface area contributed by atoms with Gasteiger partial charge in [-0.25, -0.2) is 18.2 Å². The second-order valence-corrected chi connectivity index (χ2v) is 7.21. The molecule has 0 spiro atoms. The average Bonchev–Trinajstić information content (AvgIpc) is 3.20. The zero-order chi connectivity index (χ0) is 22.3. The first kappa shape index (κ1) is 21.8. The zero-order valence-electron chi connectivity index (χ0n) is 15.9. The van der Waals surface area contributed by atoms with Gasteiger partial charge in [-0.1, -0.05) is 6.58 Å². The van der Waals surface area contributed by atoms with Gasteiger partial charge in [0.1, 0.15) is 5.69 Å². The second-order valence-electron chi connectivity index (χ2n) is 7.21. The van der Waals surface area contributed by atoms with E-state index in [1.807, 2.05) is 0 Å². The fraction of sp³-hybridized carbons (Fsp3) is 0.421. The van der Waals surface area contributed by atoms with Crippen molar-refractivity contribution in [1.29, 1.82) is 0 Å². The first-order chi connectivity index (χ1) is 13.8. The summed E-state index contributed by atoms with van der Waals surface area (Å²) < 4.78 is 80.1. The second kappa shape index (κ2) is 7.77. The third-order valence-electron chi connectivity index (χ3n) is 4.71. The molecule has 0 aliphatic carbocycles. The van der Waals surface area contributed by atoms with Gasteiger partial charge in [-0.15, -0.1) is 0 Å². The number of halogens is 6. The van der Waals surface area contributed by atoms with Crippen LogP contribution in [-0.2, 0) is 17.5 Å². The smallest absolute Gasteiger partial charge is 0.344 e. The lowest BCUT2D eigenvalue weighted by molar-refractivity contribution is -0.141. The monoisotopic (exact) mass is 432 g/mol. The molecule has 1 N–H and O–H groups in total. The van der Waals surface area contributed by atoms with Gasteiger partial charge < -0.3 is 5.32 Å². The molecule has 1 atom stereocenters. The van der Waals surface area contributed by atoms with E-state index in [0.29, 0.717) is 30.9 Å². The lowest BCUT2D eigenvalue weighted by Gasteiger charge is -2.15. The molecule has 0 bridgehead atoms. The summed E-state index contributed by atoms with van der Waals surface area (Å²) in [6.45, 7) is 4.62. The van der Waals surface area contributed by atoms with Crippen molar-refractivity contribution in [2.75, 3.05) is 0 Å². The maximum atomic E-state index is 14.1. The van der Waals surface area contributed by atoms with Crippen LogP contribution >= 0.6 is 0 Å². The van der Waals surface area contributed by atoms with Gasteiger partial charge in [0, 0.05) is 24.1 Å². The number of hydrogen-bond donors (Lipinski definition) is 1. The van der Waals surface area contributed by atoms with E-state index in [4.69, 9.17) is 0 Å². The predicted octanol–water partition coefficient (Wildman–Crippen LogP) is 4.66. The Morgan fingerprint density at radius 3 is 2.63 bits per heavy atom. The van der Waals surface area contributed by atoms with Crippen LogP contribution in [0, 0.1) is 5.82 Å². The number of aryl methyl sites for hydroxylation is 1. The number of nitrogens with one attached hydrogen (secondary N) is 1. The summed E-state index contributed by atoms with van der Waals surface area (Å²) in [5.74, 6) is -4.49. The van der Waals surface area contributed by atoms with Crippen molar-refractivity contribution in [3.8, 4) is 11.3 Å².